The largest absolute Gasteiger partial charge is 0.487 e. The summed E-state index contributed by atoms with van der Waals surface area (Å²) in [5.74, 6) is 2.64. The lowest BCUT2D eigenvalue weighted by atomic mass is 10.3. The molecule has 0 radical (unpaired) electrons. The standard InChI is InChI=1S/C24H33NO8/c25-20-5-6-23-24(19-20)33-18-14-29-10-9-27-12-16-31-22-4-2-1-3-21(22)30-15-11-26-7-8-28-13-17-32-23/h1-6,19H,7-18,25H2/p+1. The van der Waals surface area contributed by atoms with Gasteiger partial charge in [0.05, 0.1) is 52.9 Å². The number of fused-ring (bicyclic) bond motifs is 2. The lowest BCUT2D eigenvalue weighted by Gasteiger charge is -2.14. The molecule has 0 aromatic heterocycles. The van der Waals surface area contributed by atoms with Crippen molar-refractivity contribution >= 4 is 5.69 Å². The van der Waals surface area contributed by atoms with Crippen LogP contribution in [-0.4, -0.2) is 79.3 Å². The lowest BCUT2D eigenvalue weighted by Crippen LogP contribution is -2.40. The highest BCUT2D eigenvalue weighted by atomic mass is 16.6. The van der Waals surface area contributed by atoms with Gasteiger partial charge < -0.3 is 43.6 Å². The predicted molar refractivity (Wildman–Crippen MR) is 121 cm³/mol. The smallest absolute Gasteiger partial charge is 0.167 e. The van der Waals surface area contributed by atoms with Crippen LogP contribution in [0.1, 0.15) is 0 Å². The fourth-order valence-electron chi connectivity index (χ4n) is 2.96. The van der Waals surface area contributed by atoms with Crippen LogP contribution in [-0.2, 0) is 18.9 Å². The number of quaternary nitrogens is 1. The molecule has 1 aliphatic heterocycles. The Morgan fingerprint density at radius 1 is 0.424 bits per heavy atom. The Balaban J connectivity index is 1.46. The van der Waals surface area contributed by atoms with Gasteiger partial charge >= 0.3 is 0 Å². The number of hydrogen-bond donors (Lipinski definition) is 1. The van der Waals surface area contributed by atoms with Crippen molar-refractivity contribution in [1.29, 1.82) is 0 Å². The van der Waals surface area contributed by atoms with E-state index in [0.717, 1.165) is 5.69 Å². The Morgan fingerprint density at radius 3 is 1.24 bits per heavy atom. The van der Waals surface area contributed by atoms with E-state index in [1.165, 1.54) is 0 Å². The number of hydrogen-bond acceptors (Lipinski definition) is 8. The summed E-state index contributed by atoms with van der Waals surface area (Å²) >= 11 is 0. The summed E-state index contributed by atoms with van der Waals surface area (Å²) in [4.78, 5) is 0. The van der Waals surface area contributed by atoms with E-state index in [1.54, 1.807) is 0 Å². The van der Waals surface area contributed by atoms with Gasteiger partial charge in [-0.1, -0.05) is 12.1 Å². The number of para-hydroxylation sites is 2. The molecule has 1 aliphatic rings. The fourth-order valence-corrected chi connectivity index (χ4v) is 2.96. The van der Waals surface area contributed by atoms with Crippen LogP contribution in [0.4, 0.5) is 5.69 Å². The zero-order valence-corrected chi connectivity index (χ0v) is 19.0. The summed E-state index contributed by atoms with van der Waals surface area (Å²) in [6, 6.07) is 13.1. The van der Waals surface area contributed by atoms with E-state index in [4.69, 9.17) is 37.9 Å². The summed E-state index contributed by atoms with van der Waals surface area (Å²) in [6.45, 7) is 5.32. The molecule has 0 fully saturated rings. The lowest BCUT2D eigenvalue weighted by molar-refractivity contribution is -0.254. The second-order valence-electron chi connectivity index (χ2n) is 7.07. The minimum absolute atomic E-state index is 0.396. The van der Waals surface area contributed by atoms with Crippen LogP contribution >= 0.6 is 0 Å². The second kappa shape index (κ2) is 15.3. The molecule has 33 heavy (non-hydrogen) atoms. The van der Waals surface area contributed by atoms with E-state index in [1.807, 2.05) is 42.5 Å². The monoisotopic (exact) mass is 464 g/mol. The Hall–Kier alpha value is -2.56. The molecule has 0 unspecified atom stereocenters. The van der Waals surface area contributed by atoms with E-state index < -0.39 is 0 Å². The maximum absolute atomic E-state index is 5.82. The van der Waals surface area contributed by atoms with Crippen LogP contribution < -0.4 is 24.7 Å². The van der Waals surface area contributed by atoms with Gasteiger partial charge in [0, 0.05) is 12.1 Å². The van der Waals surface area contributed by atoms with Crippen LogP contribution in [0.2, 0.25) is 0 Å². The molecule has 2 aromatic rings. The van der Waals surface area contributed by atoms with Crippen LogP contribution in [0, 0.1) is 0 Å². The Bertz CT molecular complexity index is 804. The average Bonchev–Trinajstić information content (AvgIpc) is 2.82. The van der Waals surface area contributed by atoms with Crippen LogP contribution in [0.5, 0.6) is 23.0 Å². The van der Waals surface area contributed by atoms with Gasteiger partial charge in [-0.3, -0.25) is 0 Å². The molecule has 0 amide bonds. The van der Waals surface area contributed by atoms with E-state index >= 15 is 0 Å². The second-order valence-corrected chi connectivity index (χ2v) is 7.07. The van der Waals surface area contributed by atoms with E-state index in [9.17, 15) is 0 Å². The van der Waals surface area contributed by atoms with Gasteiger partial charge in [-0.2, -0.15) is 0 Å². The Labute approximate surface area is 194 Å². The average molecular weight is 465 g/mol. The van der Waals surface area contributed by atoms with Crippen LogP contribution in [0.25, 0.3) is 0 Å². The minimum Gasteiger partial charge on any atom is -0.487 e. The molecule has 182 valence electrons. The van der Waals surface area contributed by atoms with Gasteiger partial charge in [-0.05, 0) is 18.2 Å². The molecule has 0 saturated carbocycles. The molecule has 0 saturated heterocycles. The summed E-state index contributed by atoms with van der Waals surface area (Å²) in [5.41, 5.74) is 4.79. The molecular formula is C24H34NO8+. The first kappa shape index (κ1) is 25.1. The van der Waals surface area contributed by atoms with Crippen molar-refractivity contribution in [1.82, 2.24) is 0 Å². The van der Waals surface area contributed by atoms with Crippen molar-refractivity contribution < 1.29 is 43.6 Å². The molecule has 0 spiro atoms. The molecule has 9 nitrogen and oxygen atoms in total. The fraction of sp³-hybridized carbons (Fsp3) is 0.500. The molecule has 3 rings (SSSR count). The van der Waals surface area contributed by atoms with Gasteiger partial charge in [0.15, 0.2) is 23.0 Å². The van der Waals surface area contributed by atoms with Crippen molar-refractivity contribution in [2.24, 2.45) is 0 Å². The SMILES string of the molecule is [NH3+]c1ccc2c(c1)OCCOCCOCCOc1ccccc1OCCOCCOCCO2. The van der Waals surface area contributed by atoms with Crippen LogP contribution in [0.15, 0.2) is 42.5 Å². The van der Waals surface area contributed by atoms with Crippen molar-refractivity contribution in [3.8, 4) is 23.0 Å². The zero-order valence-electron chi connectivity index (χ0n) is 19.0. The molecule has 2 aromatic carbocycles. The topological polar surface area (TPSA) is 101 Å². The third-order valence-electron chi connectivity index (χ3n) is 4.54. The summed E-state index contributed by atoms with van der Waals surface area (Å²) < 4.78 is 45.5. The first-order chi connectivity index (χ1) is 16.3. The van der Waals surface area contributed by atoms with E-state index in [-0.39, 0.29) is 0 Å². The van der Waals surface area contributed by atoms with Crippen LogP contribution in [0.3, 0.4) is 0 Å². The molecule has 0 aliphatic carbocycles. The van der Waals surface area contributed by atoms with Crippen molar-refractivity contribution in [2.45, 2.75) is 0 Å². The highest BCUT2D eigenvalue weighted by Crippen LogP contribution is 2.29. The molecular weight excluding hydrogens is 430 g/mol. The molecule has 3 N–H and O–H groups in total. The van der Waals surface area contributed by atoms with Crippen molar-refractivity contribution in [3.05, 3.63) is 42.5 Å². The first-order valence-electron chi connectivity index (χ1n) is 11.2. The minimum atomic E-state index is 0.396. The number of rotatable bonds is 0. The first-order valence-corrected chi connectivity index (χ1v) is 11.2. The predicted octanol–water partition coefficient (Wildman–Crippen LogP) is 1.86. The van der Waals surface area contributed by atoms with Gasteiger partial charge in [0.2, 0.25) is 0 Å². The molecule has 0 atom stereocenters. The highest BCUT2D eigenvalue weighted by molar-refractivity contribution is 5.47. The van der Waals surface area contributed by atoms with E-state index in [0.29, 0.717) is 102 Å². The van der Waals surface area contributed by atoms with Gasteiger partial charge in [-0.25, -0.2) is 0 Å². The third-order valence-corrected chi connectivity index (χ3v) is 4.54. The number of ether oxygens (including phenoxy) is 8. The third kappa shape index (κ3) is 9.85. The van der Waals surface area contributed by atoms with E-state index in [2.05, 4.69) is 5.73 Å². The van der Waals surface area contributed by atoms with Gasteiger partial charge in [0.1, 0.15) is 32.1 Å². The van der Waals surface area contributed by atoms with Gasteiger partial charge in [0.25, 0.3) is 0 Å². The van der Waals surface area contributed by atoms with Gasteiger partial charge in [-0.15, -0.1) is 0 Å². The maximum Gasteiger partial charge on any atom is 0.167 e. The normalized spacial score (nSPS) is 18.1. The Kier molecular flexibility index (Phi) is 11.6. The highest BCUT2D eigenvalue weighted by Gasteiger charge is 2.08. The molecule has 1 heterocycles. The Morgan fingerprint density at radius 2 is 0.788 bits per heavy atom. The van der Waals surface area contributed by atoms with Crippen molar-refractivity contribution in [3.63, 3.8) is 0 Å². The summed E-state index contributed by atoms with van der Waals surface area (Å²) in [6.07, 6.45) is 0. The molecule has 9 heteroatoms. The van der Waals surface area contributed by atoms with Crippen molar-refractivity contribution in [2.75, 3.05) is 79.3 Å². The summed E-state index contributed by atoms with van der Waals surface area (Å²) in [7, 11) is 0. The molecule has 0 bridgehead atoms. The quantitative estimate of drug-likeness (QED) is 0.631. The zero-order chi connectivity index (χ0) is 23.0. The summed E-state index contributed by atoms with van der Waals surface area (Å²) in [5, 5.41) is 0. The number of benzene rings is 2. The maximum atomic E-state index is 5.82.